The zero-order valence-corrected chi connectivity index (χ0v) is 16.7. The van der Waals surface area contributed by atoms with Gasteiger partial charge in [0.05, 0.1) is 16.6 Å². The van der Waals surface area contributed by atoms with E-state index >= 15 is 0 Å². The van der Waals surface area contributed by atoms with Crippen molar-refractivity contribution in [1.82, 2.24) is 9.97 Å². The van der Waals surface area contributed by atoms with Gasteiger partial charge in [0, 0.05) is 22.9 Å². The first kappa shape index (κ1) is 19.4. The van der Waals surface area contributed by atoms with Crippen LogP contribution in [0.15, 0.2) is 77.7 Å². The van der Waals surface area contributed by atoms with Gasteiger partial charge in [-0.2, -0.15) is 0 Å². The smallest absolute Gasteiger partial charge is 0.257 e. The second-order valence-corrected chi connectivity index (χ2v) is 7.58. The first-order chi connectivity index (χ1) is 13.6. The van der Waals surface area contributed by atoms with E-state index < -0.39 is 0 Å². The third-order valence-electron chi connectivity index (χ3n) is 5.82. The minimum Gasteiger partial charge on any atom is -0.328 e. The van der Waals surface area contributed by atoms with Crippen LogP contribution in [-0.2, 0) is 5.54 Å². The molecule has 5 rings (SSSR count). The standard InChI is InChI=1S/C24H21N3O.ClH/c25-24(12-4-13-24)18-9-7-17(8-10-18)22-19(16-5-2-1-3-6-16)15-20-21(27-22)11-14-26-23(20)28;/h1-3,5-11,14-15H,4,12-13,25H2,(H,26,28);1H. The van der Waals surface area contributed by atoms with Crippen LogP contribution >= 0.6 is 12.4 Å². The Morgan fingerprint density at radius 2 is 1.66 bits per heavy atom. The lowest BCUT2D eigenvalue weighted by molar-refractivity contribution is 0.253. The van der Waals surface area contributed by atoms with Crippen molar-refractivity contribution in [3.8, 4) is 22.4 Å². The number of benzene rings is 2. The minimum absolute atomic E-state index is 0. The quantitative estimate of drug-likeness (QED) is 0.504. The van der Waals surface area contributed by atoms with Crippen molar-refractivity contribution in [3.63, 3.8) is 0 Å². The maximum absolute atomic E-state index is 12.3. The molecule has 2 aromatic heterocycles. The molecule has 0 amide bonds. The highest BCUT2D eigenvalue weighted by Crippen LogP contribution is 2.40. The van der Waals surface area contributed by atoms with E-state index in [1.165, 1.54) is 12.0 Å². The summed E-state index contributed by atoms with van der Waals surface area (Å²) in [5.41, 5.74) is 11.9. The van der Waals surface area contributed by atoms with Crippen LogP contribution < -0.4 is 11.3 Å². The third-order valence-corrected chi connectivity index (χ3v) is 5.82. The Bertz CT molecular complexity index is 1210. The summed E-state index contributed by atoms with van der Waals surface area (Å²) in [6.45, 7) is 0. The molecule has 0 bridgehead atoms. The molecule has 4 aromatic rings. The summed E-state index contributed by atoms with van der Waals surface area (Å²) >= 11 is 0. The van der Waals surface area contributed by atoms with E-state index in [-0.39, 0.29) is 23.5 Å². The molecule has 1 saturated carbocycles. The fourth-order valence-electron chi connectivity index (χ4n) is 3.97. The van der Waals surface area contributed by atoms with Crippen molar-refractivity contribution < 1.29 is 0 Å². The number of aromatic amines is 1. The number of hydrogen-bond donors (Lipinski definition) is 2. The normalized spacial score (nSPS) is 14.8. The predicted molar refractivity (Wildman–Crippen MR) is 120 cm³/mol. The maximum atomic E-state index is 12.3. The van der Waals surface area contributed by atoms with Crippen LogP contribution in [0.25, 0.3) is 33.3 Å². The summed E-state index contributed by atoms with van der Waals surface area (Å²) in [7, 11) is 0. The fraction of sp³-hybridized carbons (Fsp3) is 0.167. The Hall–Kier alpha value is -2.95. The fourth-order valence-corrected chi connectivity index (χ4v) is 3.97. The molecular formula is C24H22ClN3O. The molecule has 1 aliphatic rings. The van der Waals surface area contributed by atoms with Crippen LogP contribution in [0.4, 0.5) is 0 Å². The van der Waals surface area contributed by atoms with Crippen LogP contribution in [0.2, 0.25) is 0 Å². The van der Waals surface area contributed by atoms with E-state index in [1.54, 1.807) is 6.20 Å². The number of nitrogens with two attached hydrogens (primary N) is 1. The number of nitrogens with zero attached hydrogens (tertiary/aromatic N) is 1. The third kappa shape index (κ3) is 3.35. The number of pyridine rings is 2. The van der Waals surface area contributed by atoms with Gasteiger partial charge in [0.1, 0.15) is 0 Å². The van der Waals surface area contributed by atoms with Crippen molar-refractivity contribution in [2.45, 2.75) is 24.8 Å². The van der Waals surface area contributed by atoms with Gasteiger partial charge in [0.25, 0.3) is 5.56 Å². The van der Waals surface area contributed by atoms with Gasteiger partial charge in [0.2, 0.25) is 0 Å². The summed E-state index contributed by atoms with van der Waals surface area (Å²) in [6, 6.07) is 22.3. The molecule has 4 nitrogen and oxygen atoms in total. The second-order valence-electron chi connectivity index (χ2n) is 7.58. The van der Waals surface area contributed by atoms with Gasteiger partial charge in [-0.1, -0.05) is 54.6 Å². The van der Waals surface area contributed by atoms with E-state index in [4.69, 9.17) is 10.7 Å². The Labute approximate surface area is 175 Å². The molecular weight excluding hydrogens is 382 g/mol. The lowest BCUT2D eigenvalue weighted by Crippen LogP contribution is -2.43. The maximum Gasteiger partial charge on any atom is 0.257 e. The van der Waals surface area contributed by atoms with E-state index in [2.05, 4.69) is 29.2 Å². The Morgan fingerprint density at radius 3 is 2.31 bits per heavy atom. The molecule has 1 fully saturated rings. The molecule has 0 aliphatic heterocycles. The van der Waals surface area contributed by atoms with Crippen LogP contribution in [-0.4, -0.2) is 9.97 Å². The molecule has 0 atom stereocenters. The molecule has 3 N–H and O–H groups in total. The minimum atomic E-state index is -0.176. The highest BCUT2D eigenvalue weighted by Gasteiger charge is 2.34. The molecule has 0 unspecified atom stereocenters. The van der Waals surface area contributed by atoms with Gasteiger partial charge in [0.15, 0.2) is 0 Å². The van der Waals surface area contributed by atoms with Crippen molar-refractivity contribution in [3.05, 3.63) is 88.8 Å². The van der Waals surface area contributed by atoms with Crippen LogP contribution in [0.1, 0.15) is 24.8 Å². The molecule has 0 spiro atoms. The Balaban J connectivity index is 0.00000205. The predicted octanol–water partition coefficient (Wildman–Crippen LogP) is 5.02. The number of rotatable bonds is 3. The Morgan fingerprint density at radius 1 is 0.931 bits per heavy atom. The summed E-state index contributed by atoms with van der Waals surface area (Å²) in [6.07, 6.45) is 4.91. The van der Waals surface area contributed by atoms with Gasteiger partial charge < -0.3 is 10.7 Å². The molecule has 29 heavy (non-hydrogen) atoms. The summed E-state index contributed by atoms with van der Waals surface area (Å²) in [5.74, 6) is 0. The molecule has 5 heteroatoms. The number of halogens is 1. The topological polar surface area (TPSA) is 71.8 Å². The summed E-state index contributed by atoms with van der Waals surface area (Å²) < 4.78 is 0. The lowest BCUT2D eigenvalue weighted by atomic mass is 9.72. The van der Waals surface area contributed by atoms with Crippen molar-refractivity contribution in [2.24, 2.45) is 5.73 Å². The number of nitrogens with one attached hydrogen (secondary N) is 1. The van der Waals surface area contributed by atoms with Crippen molar-refractivity contribution in [1.29, 1.82) is 0 Å². The molecule has 146 valence electrons. The van der Waals surface area contributed by atoms with Gasteiger partial charge in [-0.15, -0.1) is 12.4 Å². The zero-order chi connectivity index (χ0) is 19.1. The second kappa shape index (κ2) is 7.47. The summed E-state index contributed by atoms with van der Waals surface area (Å²) in [4.78, 5) is 19.9. The number of hydrogen-bond acceptors (Lipinski definition) is 3. The first-order valence-electron chi connectivity index (χ1n) is 9.62. The average molecular weight is 404 g/mol. The molecule has 0 saturated heterocycles. The molecule has 2 aromatic carbocycles. The first-order valence-corrected chi connectivity index (χ1v) is 9.62. The SMILES string of the molecule is Cl.NC1(c2ccc(-c3nc4cc[nH]c(=O)c4cc3-c3ccccc3)cc2)CCC1. The van der Waals surface area contributed by atoms with Gasteiger partial charge in [-0.3, -0.25) is 4.79 Å². The lowest BCUT2D eigenvalue weighted by Gasteiger charge is -2.38. The van der Waals surface area contributed by atoms with E-state index in [9.17, 15) is 4.79 Å². The highest BCUT2D eigenvalue weighted by atomic mass is 35.5. The van der Waals surface area contributed by atoms with Crippen LogP contribution in [0.5, 0.6) is 0 Å². The van der Waals surface area contributed by atoms with Crippen LogP contribution in [0, 0.1) is 0 Å². The highest BCUT2D eigenvalue weighted by molar-refractivity contribution is 5.91. The average Bonchev–Trinajstić information content (AvgIpc) is 2.72. The molecule has 2 heterocycles. The largest absolute Gasteiger partial charge is 0.328 e. The van der Waals surface area contributed by atoms with E-state index in [0.29, 0.717) is 10.9 Å². The summed E-state index contributed by atoms with van der Waals surface area (Å²) in [5, 5.41) is 0.595. The molecule has 1 aliphatic carbocycles. The Kier molecular flexibility index (Phi) is 4.99. The number of fused-ring (bicyclic) bond motifs is 1. The van der Waals surface area contributed by atoms with Gasteiger partial charge >= 0.3 is 0 Å². The zero-order valence-electron chi connectivity index (χ0n) is 15.9. The van der Waals surface area contributed by atoms with E-state index in [0.717, 1.165) is 35.2 Å². The van der Waals surface area contributed by atoms with Gasteiger partial charge in [-0.05, 0) is 42.5 Å². The number of H-pyrrole nitrogens is 1. The van der Waals surface area contributed by atoms with Gasteiger partial charge in [-0.25, -0.2) is 4.98 Å². The van der Waals surface area contributed by atoms with E-state index in [1.807, 2.05) is 42.5 Å². The number of aromatic nitrogens is 2. The van der Waals surface area contributed by atoms with Crippen LogP contribution in [0.3, 0.4) is 0 Å². The van der Waals surface area contributed by atoms with Crippen molar-refractivity contribution >= 4 is 23.3 Å². The monoisotopic (exact) mass is 403 g/mol. The molecule has 0 radical (unpaired) electrons. The van der Waals surface area contributed by atoms with Crippen molar-refractivity contribution in [2.75, 3.05) is 0 Å².